The molecule has 0 spiro atoms. The molecule has 0 aliphatic heterocycles. The summed E-state index contributed by atoms with van der Waals surface area (Å²) >= 11 is 0. The maximum absolute atomic E-state index is 11.9. The Bertz CT molecular complexity index is 485. The van der Waals surface area contributed by atoms with Crippen molar-refractivity contribution in [1.29, 1.82) is 0 Å². The maximum atomic E-state index is 11.9. The average molecular weight is 263 g/mol. The van der Waals surface area contributed by atoms with Gasteiger partial charge >= 0.3 is 12.1 Å². The van der Waals surface area contributed by atoms with Crippen LogP contribution in [0.15, 0.2) is 18.2 Å². The van der Waals surface area contributed by atoms with Gasteiger partial charge in [0.1, 0.15) is 17.7 Å². The summed E-state index contributed by atoms with van der Waals surface area (Å²) in [7, 11) is 0. The number of benzene rings is 1. The van der Waals surface area contributed by atoms with Crippen molar-refractivity contribution in [2.24, 2.45) is 0 Å². The zero-order valence-electron chi connectivity index (χ0n) is 8.78. The number of carboxylic acid groups (broad SMARTS) is 1. The molecule has 0 aliphatic rings. The average Bonchev–Trinajstić information content (AvgIpc) is 2.17. The predicted molar refractivity (Wildman–Crippen MR) is 54.4 cm³/mol. The van der Waals surface area contributed by atoms with Gasteiger partial charge in [-0.1, -0.05) is 0 Å². The van der Waals surface area contributed by atoms with Crippen LogP contribution < -0.4 is 5.32 Å². The van der Waals surface area contributed by atoms with E-state index in [0.29, 0.717) is 0 Å². The van der Waals surface area contributed by atoms with Gasteiger partial charge in [0, 0.05) is 5.69 Å². The minimum atomic E-state index is -4.64. The van der Waals surface area contributed by atoms with E-state index in [1.807, 2.05) is 5.32 Å². The predicted octanol–water partition coefficient (Wildman–Crippen LogP) is 1.98. The van der Waals surface area contributed by atoms with Gasteiger partial charge in [0.2, 0.25) is 5.91 Å². The highest BCUT2D eigenvalue weighted by Gasteiger charge is 2.31. The minimum Gasteiger partial charge on any atom is -0.507 e. The lowest BCUT2D eigenvalue weighted by Crippen LogP contribution is -2.21. The first-order chi connectivity index (χ1) is 8.19. The normalized spacial score (nSPS) is 11.1. The summed E-state index contributed by atoms with van der Waals surface area (Å²) in [6.45, 7) is 0. The summed E-state index contributed by atoms with van der Waals surface area (Å²) in [5.74, 6) is -3.32. The molecule has 18 heavy (non-hydrogen) atoms. The maximum Gasteiger partial charge on any atom is 0.397 e. The van der Waals surface area contributed by atoms with Crippen LogP contribution >= 0.6 is 0 Å². The van der Waals surface area contributed by atoms with E-state index < -0.39 is 35.8 Å². The number of aromatic hydroxyl groups is 1. The Morgan fingerprint density at radius 1 is 1.28 bits per heavy atom. The van der Waals surface area contributed by atoms with Crippen LogP contribution in [0, 0.1) is 0 Å². The fourth-order valence-corrected chi connectivity index (χ4v) is 1.17. The molecule has 98 valence electrons. The van der Waals surface area contributed by atoms with Crippen molar-refractivity contribution in [3.63, 3.8) is 0 Å². The van der Waals surface area contributed by atoms with Gasteiger partial charge in [0.25, 0.3) is 0 Å². The highest BCUT2D eigenvalue weighted by atomic mass is 19.4. The van der Waals surface area contributed by atoms with Crippen LogP contribution in [0.1, 0.15) is 16.8 Å². The van der Waals surface area contributed by atoms with Crippen LogP contribution in [0.2, 0.25) is 0 Å². The fraction of sp³-hybridized carbons (Fsp3) is 0.200. The number of carbonyl (C=O) groups is 2. The number of aromatic carboxylic acids is 1. The topological polar surface area (TPSA) is 86.6 Å². The van der Waals surface area contributed by atoms with E-state index in [1.54, 1.807) is 0 Å². The Balaban J connectivity index is 2.83. The first kappa shape index (κ1) is 13.8. The van der Waals surface area contributed by atoms with E-state index >= 15 is 0 Å². The van der Waals surface area contributed by atoms with Crippen LogP contribution in [0.4, 0.5) is 18.9 Å². The Kier molecular flexibility index (Phi) is 3.79. The molecule has 0 aliphatic carbocycles. The molecule has 3 N–H and O–H groups in total. The van der Waals surface area contributed by atoms with E-state index in [0.717, 1.165) is 18.2 Å². The Hall–Kier alpha value is -2.25. The number of alkyl halides is 3. The van der Waals surface area contributed by atoms with Crippen LogP contribution in [0.3, 0.4) is 0 Å². The lowest BCUT2D eigenvalue weighted by Gasteiger charge is -2.08. The summed E-state index contributed by atoms with van der Waals surface area (Å²) in [5.41, 5.74) is -0.653. The number of nitrogens with one attached hydrogen (secondary N) is 1. The Morgan fingerprint density at radius 2 is 1.89 bits per heavy atom. The lowest BCUT2D eigenvalue weighted by atomic mass is 10.1. The third kappa shape index (κ3) is 3.96. The quantitative estimate of drug-likeness (QED) is 0.728. The number of hydrogen-bond acceptors (Lipinski definition) is 3. The van der Waals surface area contributed by atoms with Gasteiger partial charge in [-0.25, -0.2) is 4.79 Å². The van der Waals surface area contributed by atoms with E-state index in [4.69, 9.17) is 10.2 Å². The molecule has 0 bridgehead atoms. The molecular weight excluding hydrogens is 255 g/mol. The first-order valence-corrected chi connectivity index (χ1v) is 4.62. The SMILES string of the molecule is O=C(CC(F)(F)F)Nc1ccc(O)c(C(=O)O)c1. The molecule has 0 heterocycles. The summed E-state index contributed by atoms with van der Waals surface area (Å²) in [6, 6.07) is 2.93. The van der Waals surface area contributed by atoms with Crippen LogP contribution in [0.5, 0.6) is 5.75 Å². The number of phenols is 1. The van der Waals surface area contributed by atoms with Gasteiger partial charge in [-0.05, 0) is 18.2 Å². The van der Waals surface area contributed by atoms with E-state index in [9.17, 15) is 22.8 Å². The van der Waals surface area contributed by atoms with Gasteiger partial charge in [0.05, 0.1) is 0 Å². The number of hydrogen-bond donors (Lipinski definition) is 3. The molecule has 0 atom stereocenters. The Morgan fingerprint density at radius 3 is 2.39 bits per heavy atom. The van der Waals surface area contributed by atoms with Gasteiger partial charge in [-0.3, -0.25) is 4.79 Å². The van der Waals surface area contributed by atoms with Crippen molar-refractivity contribution in [2.75, 3.05) is 5.32 Å². The first-order valence-electron chi connectivity index (χ1n) is 4.62. The Labute approximate surface area is 98.8 Å². The molecule has 1 aromatic rings. The molecule has 8 heteroatoms. The largest absolute Gasteiger partial charge is 0.507 e. The highest BCUT2D eigenvalue weighted by molar-refractivity contribution is 5.95. The molecule has 5 nitrogen and oxygen atoms in total. The molecule has 0 saturated heterocycles. The molecule has 1 aromatic carbocycles. The molecule has 0 unspecified atom stereocenters. The van der Waals surface area contributed by atoms with Crippen molar-refractivity contribution in [3.05, 3.63) is 23.8 Å². The van der Waals surface area contributed by atoms with Crippen molar-refractivity contribution in [3.8, 4) is 5.75 Å². The van der Waals surface area contributed by atoms with Crippen LogP contribution in [0.25, 0.3) is 0 Å². The van der Waals surface area contributed by atoms with E-state index in [1.165, 1.54) is 0 Å². The molecular formula is C10H8F3NO4. The third-order valence-corrected chi connectivity index (χ3v) is 1.87. The molecule has 1 rings (SSSR count). The number of rotatable bonds is 3. The number of carbonyl (C=O) groups excluding carboxylic acids is 1. The van der Waals surface area contributed by atoms with Crippen molar-refractivity contribution < 1.29 is 33.0 Å². The summed E-state index contributed by atoms with van der Waals surface area (Å²) < 4.78 is 35.7. The lowest BCUT2D eigenvalue weighted by molar-refractivity contribution is -0.150. The van der Waals surface area contributed by atoms with Crippen molar-refractivity contribution in [2.45, 2.75) is 12.6 Å². The number of halogens is 3. The summed E-state index contributed by atoms with van der Waals surface area (Å²) in [4.78, 5) is 21.6. The van der Waals surface area contributed by atoms with Gasteiger partial charge < -0.3 is 15.5 Å². The number of anilines is 1. The minimum absolute atomic E-state index is 0.139. The third-order valence-electron chi connectivity index (χ3n) is 1.87. The highest BCUT2D eigenvalue weighted by Crippen LogP contribution is 2.23. The monoisotopic (exact) mass is 263 g/mol. The van der Waals surface area contributed by atoms with Gasteiger partial charge in [0.15, 0.2) is 0 Å². The second kappa shape index (κ2) is 4.94. The zero-order valence-corrected chi connectivity index (χ0v) is 8.78. The summed E-state index contributed by atoms with van der Waals surface area (Å²) in [6.07, 6.45) is -6.31. The van der Waals surface area contributed by atoms with Crippen LogP contribution in [-0.4, -0.2) is 28.3 Å². The number of carboxylic acids is 1. The summed E-state index contributed by atoms with van der Waals surface area (Å²) in [5, 5.41) is 19.7. The van der Waals surface area contributed by atoms with E-state index in [2.05, 4.69) is 0 Å². The molecule has 1 amide bonds. The number of amides is 1. The molecule has 0 fully saturated rings. The van der Waals surface area contributed by atoms with Gasteiger partial charge in [-0.2, -0.15) is 13.2 Å². The fourth-order valence-electron chi connectivity index (χ4n) is 1.17. The van der Waals surface area contributed by atoms with Crippen molar-refractivity contribution in [1.82, 2.24) is 0 Å². The van der Waals surface area contributed by atoms with Crippen LogP contribution in [-0.2, 0) is 4.79 Å². The smallest absolute Gasteiger partial charge is 0.397 e. The second-order valence-electron chi connectivity index (χ2n) is 3.38. The second-order valence-corrected chi connectivity index (χ2v) is 3.38. The van der Waals surface area contributed by atoms with Gasteiger partial charge in [-0.15, -0.1) is 0 Å². The molecule has 0 aromatic heterocycles. The zero-order chi connectivity index (χ0) is 13.9. The molecule has 0 radical (unpaired) electrons. The molecule has 0 saturated carbocycles. The standard InChI is InChI=1S/C10H8F3NO4/c11-10(12,13)4-8(16)14-5-1-2-7(15)6(3-5)9(17)18/h1-3,15H,4H2,(H,14,16)(H,17,18). The van der Waals surface area contributed by atoms with Crippen molar-refractivity contribution >= 4 is 17.6 Å². The van der Waals surface area contributed by atoms with E-state index in [-0.39, 0.29) is 5.69 Å².